The minimum absolute atomic E-state index is 0.106. The molecule has 5 nitrogen and oxygen atoms in total. The lowest BCUT2D eigenvalue weighted by Gasteiger charge is -2.18. The molecule has 0 aliphatic carbocycles. The third kappa shape index (κ3) is 1.78. The molecule has 5 heteroatoms. The van der Waals surface area contributed by atoms with Crippen molar-refractivity contribution in [3.05, 3.63) is 41.1 Å². The van der Waals surface area contributed by atoms with E-state index in [-0.39, 0.29) is 5.69 Å². The zero-order valence-corrected chi connectivity index (χ0v) is 9.64. The Kier molecular flexibility index (Phi) is 2.60. The van der Waals surface area contributed by atoms with Crippen molar-refractivity contribution >= 4 is 5.97 Å². The first-order valence-electron chi connectivity index (χ1n) is 5.73. The van der Waals surface area contributed by atoms with Crippen molar-refractivity contribution in [1.82, 2.24) is 10.2 Å². The number of aromatic carboxylic acids is 1. The van der Waals surface area contributed by atoms with Crippen LogP contribution in [0.4, 0.5) is 0 Å². The number of H-pyrrole nitrogens is 1. The number of ether oxygens (including phenoxy) is 1. The summed E-state index contributed by atoms with van der Waals surface area (Å²) >= 11 is 0. The maximum Gasteiger partial charge on any atom is 0.353 e. The quantitative estimate of drug-likeness (QED) is 0.845. The number of carboxylic acid groups (broad SMARTS) is 1. The van der Waals surface area contributed by atoms with E-state index in [4.69, 9.17) is 9.84 Å². The third-order valence-corrected chi connectivity index (χ3v) is 3.11. The number of rotatable bonds is 2. The summed E-state index contributed by atoms with van der Waals surface area (Å²) in [7, 11) is 0. The minimum Gasteiger partial charge on any atom is -0.477 e. The number of carbonyl (C=O) groups is 1. The third-order valence-electron chi connectivity index (χ3n) is 3.11. The molecule has 1 aromatic carbocycles. The van der Waals surface area contributed by atoms with E-state index in [2.05, 4.69) is 10.2 Å². The first-order valence-corrected chi connectivity index (χ1v) is 5.73. The van der Waals surface area contributed by atoms with Crippen LogP contribution in [-0.4, -0.2) is 27.9 Å². The van der Waals surface area contributed by atoms with Crippen LogP contribution in [0, 0.1) is 0 Å². The molecular formula is C13H12N2O3. The van der Waals surface area contributed by atoms with Crippen molar-refractivity contribution in [2.75, 3.05) is 6.61 Å². The predicted molar refractivity (Wildman–Crippen MR) is 64.3 cm³/mol. The Hall–Kier alpha value is -2.14. The molecule has 0 atom stereocenters. The highest BCUT2D eigenvalue weighted by atomic mass is 16.5. The highest BCUT2D eigenvalue weighted by Gasteiger charge is 2.17. The largest absolute Gasteiger partial charge is 0.477 e. The summed E-state index contributed by atoms with van der Waals surface area (Å²) in [6, 6.07) is 7.50. The Labute approximate surface area is 103 Å². The molecule has 2 N–H and O–H groups in total. The molecular weight excluding hydrogens is 232 g/mol. The number of aromatic nitrogens is 2. The maximum absolute atomic E-state index is 10.8. The van der Waals surface area contributed by atoms with Crippen LogP contribution in [0.25, 0.3) is 11.3 Å². The van der Waals surface area contributed by atoms with Gasteiger partial charge < -0.3 is 9.84 Å². The number of nitrogens with zero attached hydrogens (tertiary/aromatic N) is 1. The van der Waals surface area contributed by atoms with Crippen molar-refractivity contribution in [3.8, 4) is 11.3 Å². The van der Waals surface area contributed by atoms with E-state index in [9.17, 15) is 4.79 Å². The average Bonchev–Trinajstić information content (AvgIpc) is 2.87. The Morgan fingerprint density at radius 2 is 2.33 bits per heavy atom. The van der Waals surface area contributed by atoms with Gasteiger partial charge in [-0.3, -0.25) is 5.10 Å². The van der Waals surface area contributed by atoms with Gasteiger partial charge in [-0.1, -0.05) is 18.2 Å². The SMILES string of the molecule is O=C(O)c1cc(-c2cccc3c2CCOC3)n[nH]1. The summed E-state index contributed by atoms with van der Waals surface area (Å²) < 4.78 is 5.41. The van der Waals surface area contributed by atoms with E-state index in [0.29, 0.717) is 18.9 Å². The summed E-state index contributed by atoms with van der Waals surface area (Å²) in [6.07, 6.45) is 0.834. The standard InChI is InChI=1S/C13H12N2O3/c16-13(17)12-6-11(14-15-12)10-3-1-2-8-7-18-5-4-9(8)10/h1-3,6H,4-5,7H2,(H,14,15)(H,16,17). The van der Waals surface area contributed by atoms with Gasteiger partial charge in [-0.05, 0) is 23.6 Å². The van der Waals surface area contributed by atoms with Crippen LogP contribution < -0.4 is 0 Å². The molecule has 2 aromatic rings. The Balaban J connectivity index is 2.08. The fourth-order valence-electron chi connectivity index (χ4n) is 2.23. The van der Waals surface area contributed by atoms with E-state index in [0.717, 1.165) is 17.5 Å². The first kappa shape index (κ1) is 11.0. The molecule has 18 heavy (non-hydrogen) atoms. The second kappa shape index (κ2) is 4.27. The monoisotopic (exact) mass is 244 g/mol. The number of hydrogen-bond donors (Lipinski definition) is 2. The summed E-state index contributed by atoms with van der Waals surface area (Å²) in [6.45, 7) is 1.31. The van der Waals surface area contributed by atoms with Crippen LogP contribution in [0.2, 0.25) is 0 Å². The minimum atomic E-state index is -0.998. The number of hydrogen-bond acceptors (Lipinski definition) is 3. The van der Waals surface area contributed by atoms with Crippen molar-refractivity contribution in [1.29, 1.82) is 0 Å². The number of fused-ring (bicyclic) bond motifs is 1. The summed E-state index contributed by atoms with van der Waals surface area (Å²) in [4.78, 5) is 10.8. The Morgan fingerprint density at radius 3 is 3.11 bits per heavy atom. The van der Waals surface area contributed by atoms with Crippen molar-refractivity contribution in [2.45, 2.75) is 13.0 Å². The van der Waals surface area contributed by atoms with Crippen LogP contribution in [0.1, 0.15) is 21.6 Å². The zero-order chi connectivity index (χ0) is 12.5. The Morgan fingerprint density at radius 1 is 1.44 bits per heavy atom. The predicted octanol–water partition coefficient (Wildman–Crippen LogP) is 1.85. The lowest BCUT2D eigenvalue weighted by molar-refractivity contribution is 0.0690. The molecule has 0 spiro atoms. The lowest BCUT2D eigenvalue weighted by Crippen LogP contribution is -2.10. The number of benzene rings is 1. The molecule has 0 unspecified atom stereocenters. The fraction of sp³-hybridized carbons (Fsp3) is 0.231. The van der Waals surface area contributed by atoms with Gasteiger partial charge in [0.25, 0.3) is 0 Å². The van der Waals surface area contributed by atoms with Gasteiger partial charge in [-0.25, -0.2) is 4.79 Å². The molecule has 1 aromatic heterocycles. The van der Waals surface area contributed by atoms with Gasteiger partial charge in [-0.2, -0.15) is 5.10 Å². The molecule has 92 valence electrons. The van der Waals surface area contributed by atoms with Gasteiger partial charge in [0.2, 0.25) is 0 Å². The van der Waals surface area contributed by atoms with Gasteiger partial charge in [0.05, 0.1) is 18.9 Å². The molecule has 1 aliphatic heterocycles. The smallest absolute Gasteiger partial charge is 0.353 e. The molecule has 0 saturated carbocycles. The molecule has 1 aliphatic rings. The van der Waals surface area contributed by atoms with Crippen LogP contribution in [0.5, 0.6) is 0 Å². The summed E-state index contributed by atoms with van der Waals surface area (Å²) in [5.74, 6) is -0.998. The number of aromatic amines is 1. The van der Waals surface area contributed by atoms with Crippen molar-refractivity contribution < 1.29 is 14.6 Å². The van der Waals surface area contributed by atoms with Gasteiger partial charge in [0, 0.05) is 5.56 Å². The van der Waals surface area contributed by atoms with Crippen molar-refractivity contribution in [3.63, 3.8) is 0 Å². The lowest BCUT2D eigenvalue weighted by atomic mass is 9.95. The molecule has 0 radical (unpaired) electrons. The molecule has 0 fully saturated rings. The molecule has 0 saturated heterocycles. The van der Waals surface area contributed by atoms with Crippen molar-refractivity contribution in [2.24, 2.45) is 0 Å². The highest BCUT2D eigenvalue weighted by Crippen LogP contribution is 2.28. The summed E-state index contributed by atoms with van der Waals surface area (Å²) in [5, 5.41) is 15.5. The van der Waals surface area contributed by atoms with E-state index >= 15 is 0 Å². The van der Waals surface area contributed by atoms with E-state index < -0.39 is 5.97 Å². The van der Waals surface area contributed by atoms with Crippen LogP contribution in [0.15, 0.2) is 24.3 Å². The molecule has 0 bridgehead atoms. The second-order valence-electron chi connectivity index (χ2n) is 4.22. The Bertz CT molecular complexity index is 604. The highest BCUT2D eigenvalue weighted by molar-refractivity contribution is 5.87. The normalized spacial score (nSPS) is 14.2. The van der Waals surface area contributed by atoms with E-state index in [1.54, 1.807) is 6.07 Å². The number of nitrogens with one attached hydrogen (secondary N) is 1. The van der Waals surface area contributed by atoms with Crippen LogP contribution >= 0.6 is 0 Å². The zero-order valence-electron chi connectivity index (χ0n) is 9.64. The maximum atomic E-state index is 10.8. The molecule has 3 rings (SSSR count). The molecule has 2 heterocycles. The topological polar surface area (TPSA) is 75.2 Å². The average molecular weight is 244 g/mol. The van der Waals surface area contributed by atoms with Gasteiger partial charge >= 0.3 is 5.97 Å². The van der Waals surface area contributed by atoms with Crippen LogP contribution in [0.3, 0.4) is 0 Å². The summed E-state index contributed by atoms with van der Waals surface area (Å²) in [5.41, 5.74) is 4.12. The van der Waals surface area contributed by atoms with Gasteiger partial charge in [0.1, 0.15) is 5.69 Å². The van der Waals surface area contributed by atoms with E-state index in [1.807, 2.05) is 18.2 Å². The van der Waals surface area contributed by atoms with Gasteiger partial charge in [0.15, 0.2) is 0 Å². The second-order valence-corrected chi connectivity index (χ2v) is 4.22. The number of carboxylic acids is 1. The van der Waals surface area contributed by atoms with Crippen LogP contribution in [-0.2, 0) is 17.8 Å². The van der Waals surface area contributed by atoms with E-state index in [1.165, 1.54) is 5.56 Å². The fourth-order valence-corrected chi connectivity index (χ4v) is 2.23. The first-order chi connectivity index (χ1) is 8.75. The van der Waals surface area contributed by atoms with Gasteiger partial charge in [-0.15, -0.1) is 0 Å². The molecule has 0 amide bonds.